The maximum atomic E-state index is 10.4. The van der Waals surface area contributed by atoms with Gasteiger partial charge in [-0.15, -0.1) is 0 Å². The molecule has 0 saturated heterocycles. The smallest absolute Gasteiger partial charge is 0.375 e. The normalized spacial score (nSPS) is 12.4. The number of hydrogen-bond donors (Lipinski definition) is 2. The Morgan fingerprint density at radius 2 is 1.71 bits per heavy atom. The minimum Gasteiger partial charge on any atom is -0.478 e. The number of hydrogen-bond acceptors (Lipinski definition) is 4. The van der Waals surface area contributed by atoms with Gasteiger partial charge in [-0.2, -0.15) is 4.89 Å². The van der Waals surface area contributed by atoms with E-state index in [0.717, 1.165) is 0 Å². The van der Waals surface area contributed by atoms with Crippen molar-refractivity contribution in [2.24, 2.45) is 0 Å². The van der Waals surface area contributed by atoms with Gasteiger partial charge in [-0.05, 0) is 20.8 Å². The molecule has 0 saturated carbocycles. The summed E-state index contributed by atoms with van der Waals surface area (Å²) in [5, 5.41) is 16.8. The molecule has 0 bridgehead atoms. The average molecular weight is 204 g/mol. The fourth-order valence-electron chi connectivity index (χ4n) is 0.403. The molecule has 0 aliphatic heterocycles. The first-order chi connectivity index (χ1) is 6.22. The summed E-state index contributed by atoms with van der Waals surface area (Å²) < 4.78 is 0. The lowest BCUT2D eigenvalue weighted by Crippen LogP contribution is -2.21. The van der Waals surface area contributed by atoms with Crippen molar-refractivity contribution >= 4 is 11.9 Å². The second-order valence-corrected chi connectivity index (χ2v) is 3.43. The lowest BCUT2D eigenvalue weighted by atomic mass is 10.2. The van der Waals surface area contributed by atoms with Gasteiger partial charge in [-0.3, -0.25) is 0 Å². The van der Waals surface area contributed by atoms with Crippen LogP contribution in [-0.4, -0.2) is 27.8 Å². The van der Waals surface area contributed by atoms with Crippen LogP contribution in [0.3, 0.4) is 0 Å². The molecular weight excluding hydrogens is 192 g/mol. The van der Waals surface area contributed by atoms with Gasteiger partial charge in [0.2, 0.25) is 0 Å². The van der Waals surface area contributed by atoms with E-state index in [1.54, 1.807) is 20.8 Å². The molecule has 6 heteroatoms. The Morgan fingerprint density at radius 3 is 2.00 bits per heavy atom. The Hall–Kier alpha value is -1.56. The maximum absolute atomic E-state index is 10.4. The Bertz CT molecular complexity index is 259. The number of rotatable bonds is 4. The lowest BCUT2D eigenvalue weighted by molar-refractivity contribution is -0.320. The minimum atomic E-state index is -1.50. The van der Waals surface area contributed by atoms with Gasteiger partial charge < -0.3 is 15.1 Å². The fourth-order valence-corrected chi connectivity index (χ4v) is 0.403. The quantitative estimate of drug-likeness (QED) is 0.304. The molecule has 0 aromatic heterocycles. The van der Waals surface area contributed by atoms with Crippen molar-refractivity contribution in [2.45, 2.75) is 26.4 Å². The van der Waals surface area contributed by atoms with E-state index < -0.39 is 23.3 Å². The topological polar surface area (TPSA) is 93.1 Å². The molecule has 0 heterocycles. The second-order valence-electron chi connectivity index (χ2n) is 3.43. The Kier molecular flexibility index (Phi) is 4.10. The summed E-state index contributed by atoms with van der Waals surface area (Å²) >= 11 is 0. The average Bonchev–Trinajstić information content (AvgIpc) is 1.94. The molecule has 0 unspecified atom stereocenters. The first-order valence-electron chi connectivity index (χ1n) is 3.76. The highest BCUT2D eigenvalue weighted by atomic mass is 17.2. The number of aliphatic carboxylic acids is 2. The summed E-state index contributed by atoms with van der Waals surface area (Å²) in [7, 11) is 0. The molecule has 2 N–H and O–H groups in total. The molecule has 0 atom stereocenters. The predicted octanol–water partition coefficient (Wildman–Crippen LogP) is 0.786. The van der Waals surface area contributed by atoms with Crippen molar-refractivity contribution in [3.8, 4) is 0 Å². The van der Waals surface area contributed by atoms with Gasteiger partial charge in [0, 0.05) is 0 Å². The largest absolute Gasteiger partial charge is 0.478 e. The van der Waals surface area contributed by atoms with Crippen molar-refractivity contribution in [2.75, 3.05) is 0 Å². The summed E-state index contributed by atoms with van der Waals surface area (Å²) in [5.74, 6) is -3.69. The predicted molar refractivity (Wildman–Crippen MR) is 45.3 cm³/mol. The van der Waals surface area contributed by atoms with E-state index in [2.05, 4.69) is 9.78 Å². The molecule has 6 nitrogen and oxygen atoms in total. The highest BCUT2D eigenvalue weighted by Crippen LogP contribution is 2.10. The summed E-state index contributed by atoms with van der Waals surface area (Å²) in [5.41, 5.74) is -0.715. The van der Waals surface area contributed by atoms with E-state index in [0.29, 0.717) is 6.08 Å². The lowest BCUT2D eigenvalue weighted by Gasteiger charge is -2.17. The molecule has 0 aromatic rings. The molecule has 0 radical (unpaired) electrons. The SMILES string of the molecule is CC(C)(C)OO/C(=C/C(=O)O)C(=O)O. The molecule has 0 aliphatic rings. The van der Waals surface area contributed by atoms with Gasteiger partial charge in [-0.25, -0.2) is 9.59 Å². The van der Waals surface area contributed by atoms with Crippen LogP contribution in [0, 0.1) is 0 Å². The second kappa shape index (κ2) is 4.61. The van der Waals surface area contributed by atoms with E-state index in [-0.39, 0.29) is 0 Å². The van der Waals surface area contributed by atoms with Gasteiger partial charge in [0.25, 0.3) is 5.76 Å². The third-order valence-electron chi connectivity index (χ3n) is 0.847. The Labute approximate surface area is 80.7 Å². The minimum absolute atomic E-state index is 0.411. The van der Waals surface area contributed by atoms with Crippen molar-refractivity contribution in [3.63, 3.8) is 0 Å². The van der Waals surface area contributed by atoms with Crippen molar-refractivity contribution < 1.29 is 29.6 Å². The maximum Gasteiger partial charge on any atom is 0.375 e. The van der Waals surface area contributed by atoms with Crippen LogP contribution < -0.4 is 0 Å². The number of carboxylic acids is 2. The van der Waals surface area contributed by atoms with Crippen LogP contribution in [-0.2, 0) is 19.4 Å². The van der Waals surface area contributed by atoms with Crippen LogP contribution in [0.1, 0.15) is 20.8 Å². The van der Waals surface area contributed by atoms with E-state index in [1.807, 2.05) is 0 Å². The van der Waals surface area contributed by atoms with Crippen molar-refractivity contribution in [1.29, 1.82) is 0 Å². The molecule has 0 aliphatic carbocycles. The molecule has 0 fully saturated rings. The highest BCUT2D eigenvalue weighted by Gasteiger charge is 2.18. The summed E-state index contributed by atoms with van der Waals surface area (Å²) in [6.07, 6.45) is 0.411. The number of carbonyl (C=O) groups is 2. The fraction of sp³-hybridized carbons (Fsp3) is 0.500. The van der Waals surface area contributed by atoms with Crippen molar-refractivity contribution in [1.82, 2.24) is 0 Å². The molecular formula is C8H12O6. The first-order valence-corrected chi connectivity index (χ1v) is 3.76. The zero-order valence-corrected chi connectivity index (χ0v) is 8.10. The van der Waals surface area contributed by atoms with E-state index in [9.17, 15) is 9.59 Å². The van der Waals surface area contributed by atoms with E-state index in [1.165, 1.54) is 0 Å². The van der Waals surface area contributed by atoms with Crippen LogP contribution in [0.4, 0.5) is 0 Å². The van der Waals surface area contributed by atoms with Crippen LogP contribution in [0.2, 0.25) is 0 Å². The monoisotopic (exact) mass is 204 g/mol. The summed E-state index contributed by atoms with van der Waals surface area (Å²) in [6, 6.07) is 0. The molecule has 0 rings (SSSR count). The van der Waals surface area contributed by atoms with Crippen LogP contribution >= 0.6 is 0 Å². The summed E-state index contributed by atoms with van der Waals surface area (Å²) in [4.78, 5) is 29.6. The van der Waals surface area contributed by atoms with Gasteiger partial charge in [-0.1, -0.05) is 0 Å². The van der Waals surface area contributed by atoms with Gasteiger partial charge in [0.05, 0.1) is 6.08 Å². The molecule has 0 amide bonds. The van der Waals surface area contributed by atoms with E-state index >= 15 is 0 Å². The van der Waals surface area contributed by atoms with E-state index in [4.69, 9.17) is 10.2 Å². The highest BCUT2D eigenvalue weighted by molar-refractivity contribution is 5.92. The third kappa shape index (κ3) is 6.01. The van der Waals surface area contributed by atoms with Gasteiger partial charge >= 0.3 is 11.9 Å². The zero-order chi connectivity index (χ0) is 11.4. The third-order valence-corrected chi connectivity index (χ3v) is 0.847. The van der Waals surface area contributed by atoms with Crippen LogP contribution in [0.25, 0.3) is 0 Å². The Balaban J connectivity index is 4.41. The first kappa shape index (κ1) is 12.4. The van der Waals surface area contributed by atoms with Crippen molar-refractivity contribution in [3.05, 3.63) is 11.8 Å². The Morgan fingerprint density at radius 1 is 1.21 bits per heavy atom. The molecule has 0 aromatic carbocycles. The number of carboxylic acid groups (broad SMARTS) is 2. The molecule has 80 valence electrons. The van der Waals surface area contributed by atoms with Crippen LogP contribution in [0.15, 0.2) is 11.8 Å². The molecule has 14 heavy (non-hydrogen) atoms. The van der Waals surface area contributed by atoms with Gasteiger partial charge in [0.15, 0.2) is 0 Å². The molecule has 0 spiro atoms. The van der Waals surface area contributed by atoms with Crippen LogP contribution in [0.5, 0.6) is 0 Å². The van der Waals surface area contributed by atoms with Gasteiger partial charge in [0.1, 0.15) is 5.60 Å². The standard InChI is InChI=1S/C8H12O6/c1-8(2,3)14-13-5(7(11)12)4-6(9)10/h4H,1-3H3,(H,9,10)(H,11,12)/b5-4+. The zero-order valence-electron chi connectivity index (χ0n) is 8.10. The summed E-state index contributed by atoms with van der Waals surface area (Å²) in [6.45, 7) is 4.90.